The van der Waals surface area contributed by atoms with Gasteiger partial charge in [-0.25, -0.2) is 0 Å². The summed E-state index contributed by atoms with van der Waals surface area (Å²) in [6.45, 7) is 4.31. The minimum absolute atomic E-state index is 0.0711. The van der Waals surface area contributed by atoms with Gasteiger partial charge in [0.05, 0.1) is 12.5 Å². The molecule has 0 aromatic rings. The Morgan fingerprint density at radius 3 is 2.47 bits per heavy atom. The number of unbranched alkanes of at least 4 members (excludes halogenated alkanes) is 1. The Hall–Kier alpha value is -0.900. The maximum atomic E-state index is 11.8. The first kappa shape index (κ1) is 14.2. The van der Waals surface area contributed by atoms with Crippen molar-refractivity contribution >= 4 is 11.8 Å². The van der Waals surface area contributed by atoms with E-state index < -0.39 is 0 Å². The van der Waals surface area contributed by atoms with Gasteiger partial charge in [0.15, 0.2) is 0 Å². The molecule has 2 atom stereocenters. The summed E-state index contributed by atoms with van der Waals surface area (Å²) in [5, 5.41) is 3.35. The molecule has 0 saturated carbocycles. The maximum Gasteiger partial charge on any atom is 0.246 e. The summed E-state index contributed by atoms with van der Waals surface area (Å²) >= 11 is 0. The first-order valence-electron chi connectivity index (χ1n) is 6.66. The molecule has 1 fully saturated rings. The van der Waals surface area contributed by atoms with Crippen LogP contribution in [0.1, 0.15) is 52.4 Å². The average Bonchev–Trinajstić information content (AvgIpc) is 2.54. The highest BCUT2D eigenvalue weighted by molar-refractivity contribution is 6.05. The molecule has 1 heterocycles. The summed E-state index contributed by atoms with van der Waals surface area (Å²) in [6, 6.07) is 0.0779. The Bertz CT molecular complexity index is 279. The predicted octanol–water partition coefficient (Wildman–Crippen LogP) is 1.69. The van der Waals surface area contributed by atoms with Crippen LogP contribution in [0.5, 0.6) is 0 Å². The molecule has 0 aromatic heterocycles. The molecule has 1 rings (SSSR count). The van der Waals surface area contributed by atoms with Gasteiger partial charge in [0.2, 0.25) is 11.8 Å². The van der Waals surface area contributed by atoms with Gasteiger partial charge in [0.25, 0.3) is 0 Å². The van der Waals surface area contributed by atoms with Crippen molar-refractivity contribution < 1.29 is 9.59 Å². The van der Waals surface area contributed by atoms with E-state index in [0.717, 1.165) is 19.3 Å². The number of likely N-dealkylation sites (N-methyl/N-ethyl adjacent to an activating group) is 1. The van der Waals surface area contributed by atoms with Crippen molar-refractivity contribution in [1.82, 2.24) is 10.2 Å². The van der Waals surface area contributed by atoms with E-state index in [-0.39, 0.29) is 17.9 Å². The number of nitrogens with one attached hydrogen (secondary N) is 1. The van der Waals surface area contributed by atoms with Crippen LogP contribution in [0.3, 0.4) is 0 Å². The Balaban J connectivity index is 2.49. The topological polar surface area (TPSA) is 49.4 Å². The third kappa shape index (κ3) is 3.80. The summed E-state index contributed by atoms with van der Waals surface area (Å²) in [6.07, 6.45) is 5.92. The van der Waals surface area contributed by atoms with E-state index in [1.165, 1.54) is 17.7 Å². The van der Waals surface area contributed by atoms with Gasteiger partial charge in [0, 0.05) is 13.1 Å². The van der Waals surface area contributed by atoms with Crippen molar-refractivity contribution in [2.75, 3.05) is 7.05 Å². The molecule has 0 aliphatic carbocycles. The summed E-state index contributed by atoms with van der Waals surface area (Å²) in [5.74, 6) is -0.147. The second-order valence-corrected chi connectivity index (χ2v) is 4.84. The van der Waals surface area contributed by atoms with Crippen molar-refractivity contribution in [2.45, 2.75) is 64.5 Å². The highest BCUT2D eigenvalue weighted by Crippen LogP contribution is 2.14. The van der Waals surface area contributed by atoms with Gasteiger partial charge in [-0.05, 0) is 12.8 Å². The van der Waals surface area contributed by atoms with Crippen LogP contribution < -0.4 is 5.32 Å². The lowest BCUT2D eigenvalue weighted by Gasteiger charge is -2.21. The number of hydrogen-bond acceptors (Lipinski definition) is 3. The van der Waals surface area contributed by atoms with Gasteiger partial charge in [-0.1, -0.05) is 33.1 Å². The van der Waals surface area contributed by atoms with Crippen molar-refractivity contribution in [3.8, 4) is 0 Å². The lowest BCUT2D eigenvalue weighted by Crippen LogP contribution is -2.43. The standard InChI is InChI=1S/C13H24N2O2/c1-4-6-8-10(7-5-2)14-11-9-12(16)15(3)13(11)17/h10-11,14H,4-9H2,1-3H3. The third-order valence-electron chi connectivity index (χ3n) is 3.36. The van der Waals surface area contributed by atoms with Gasteiger partial charge in [0.1, 0.15) is 0 Å². The van der Waals surface area contributed by atoms with Crippen LogP contribution in [-0.2, 0) is 9.59 Å². The zero-order valence-electron chi connectivity index (χ0n) is 11.2. The van der Waals surface area contributed by atoms with Crippen LogP contribution in [0.15, 0.2) is 0 Å². The Morgan fingerprint density at radius 2 is 2.00 bits per heavy atom. The van der Waals surface area contributed by atoms with Crippen molar-refractivity contribution in [2.24, 2.45) is 0 Å². The van der Waals surface area contributed by atoms with Crippen LogP contribution in [0.25, 0.3) is 0 Å². The molecule has 2 unspecified atom stereocenters. The molecule has 1 saturated heterocycles. The fourth-order valence-corrected chi connectivity index (χ4v) is 2.28. The SMILES string of the molecule is CCCCC(CCC)NC1CC(=O)N(C)C1=O. The Kier molecular flexibility index (Phi) is 5.62. The van der Waals surface area contributed by atoms with E-state index in [1.54, 1.807) is 7.05 Å². The number of imide groups is 1. The van der Waals surface area contributed by atoms with E-state index in [0.29, 0.717) is 12.5 Å². The number of hydrogen-bond donors (Lipinski definition) is 1. The molecule has 0 radical (unpaired) electrons. The van der Waals surface area contributed by atoms with Crippen molar-refractivity contribution in [3.05, 3.63) is 0 Å². The first-order chi connectivity index (χ1) is 8.10. The van der Waals surface area contributed by atoms with Crippen LogP contribution in [0.4, 0.5) is 0 Å². The quantitative estimate of drug-likeness (QED) is 0.689. The normalized spacial score (nSPS) is 22.3. The summed E-state index contributed by atoms with van der Waals surface area (Å²) in [4.78, 5) is 24.4. The highest BCUT2D eigenvalue weighted by Gasteiger charge is 2.36. The second-order valence-electron chi connectivity index (χ2n) is 4.84. The molecule has 98 valence electrons. The molecule has 1 aliphatic rings. The summed E-state index contributed by atoms with van der Waals surface area (Å²) in [5.41, 5.74) is 0. The second kappa shape index (κ2) is 6.74. The predicted molar refractivity (Wildman–Crippen MR) is 67.5 cm³/mol. The molecular weight excluding hydrogens is 216 g/mol. The fraction of sp³-hybridized carbons (Fsp3) is 0.846. The largest absolute Gasteiger partial charge is 0.303 e. The molecule has 0 spiro atoms. The zero-order chi connectivity index (χ0) is 12.8. The molecule has 0 aromatic carbocycles. The number of carbonyl (C=O) groups excluding carboxylic acids is 2. The lowest BCUT2D eigenvalue weighted by molar-refractivity contribution is -0.137. The van der Waals surface area contributed by atoms with Gasteiger partial charge in [-0.15, -0.1) is 0 Å². The lowest BCUT2D eigenvalue weighted by atomic mass is 10.0. The number of carbonyl (C=O) groups is 2. The van der Waals surface area contributed by atoms with Crippen LogP contribution in [-0.4, -0.2) is 35.8 Å². The smallest absolute Gasteiger partial charge is 0.246 e. The summed E-state index contributed by atoms with van der Waals surface area (Å²) < 4.78 is 0. The van der Waals surface area contributed by atoms with Gasteiger partial charge in [-0.3, -0.25) is 14.5 Å². The van der Waals surface area contributed by atoms with Crippen molar-refractivity contribution in [3.63, 3.8) is 0 Å². The van der Waals surface area contributed by atoms with E-state index in [9.17, 15) is 9.59 Å². The third-order valence-corrected chi connectivity index (χ3v) is 3.36. The number of nitrogens with zero attached hydrogens (tertiary/aromatic N) is 1. The summed E-state index contributed by atoms with van der Waals surface area (Å²) in [7, 11) is 1.56. The Labute approximate surface area is 104 Å². The van der Waals surface area contributed by atoms with Crippen LogP contribution >= 0.6 is 0 Å². The van der Waals surface area contributed by atoms with E-state index in [4.69, 9.17) is 0 Å². The Morgan fingerprint density at radius 1 is 1.29 bits per heavy atom. The molecule has 4 nitrogen and oxygen atoms in total. The molecule has 1 aliphatic heterocycles. The zero-order valence-corrected chi connectivity index (χ0v) is 11.2. The maximum absolute atomic E-state index is 11.8. The number of rotatable bonds is 7. The number of likely N-dealkylation sites (tertiary alicyclic amines) is 1. The minimum atomic E-state index is -0.291. The fourth-order valence-electron chi connectivity index (χ4n) is 2.28. The monoisotopic (exact) mass is 240 g/mol. The number of amides is 2. The molecule has 0 bridgehead atoms. The molecule has 2 amide bonds. The molecule has 1 N–H and O–H groups in total. The van der Waals surface area contributed by atoms with E-state index >= 15 is 0 Å². The van der Waals surface area contributed by atoms with Crippen LogP contribution in [0, 0.1) is 0 Å². The van der Waals surface area contributed by atoms with Crippen molar-refractivity contribution in [1.29, 1.82) is 0 Å². The molecular formula is C13H24N2O2. The van der Waals surface area contributed by atoms with Crippen LogP contribution in [0.2, 0.25) is 0 Å². The molecule has 17 heavy (non-hydrogen) atoms. The van der Waals surface area contributed by atoms with Gasteiger partial charge >= 0.3 is 0 Å². The average molecular weight is 240 g/mol. The first-order valence-corrected chi connectivity index (χ1v) is 6.66. The van der Waals surface area contributed by atoms with Gasteiger partial charge in [-0.2, -0.15) is 0 Å². The molecule has 4 heteroatoms. The van der Waals surface area contributed by atoms with E-state index in [2.05, 4.69) is 19.2 Å². The minimum Gasteiger partial charge on any atom is -0.303 e. The highest BCUT2D eigenvalue weighted by atomic mass is 16.2. The van der Waals surface area contributed by atoms with E-state index in [1.807, 2.05) is 0 Å². The van der Waals surface area contributed by atoms with Gasteiger partial charge < -0.3 is 5.32 Å².